The standard InChI is InChI=1S/C7H16NO2P/c1-7(2)8-9-11(3,10-8)5-4-6-11/h7H,4-6H2,1-3H3. The zero-order chi connectivity index (χ0) is 8.14. The average molecular weight is 177 g/mol. The van der Waals surface area contributed by atoms with Crippen LogP contribution in [0.4, 0.5) is 0 Å². The fourth-order valence-electron chi connectivity index (χ4n) is 1.54. The van der Waals surface area contributed by atoms with E-state index in [0.717, 1.165) is 12.3 Å². The second-order valence-electron chi connectivity index (χ2n) is 4.16. The van der Waals surface area contributed by atoms with Gasteiger partial charge in [-0.1, -0.05) is 0 Å². The van der Waals surface area contributed by atoms with E-state index in [9.17, 15) is 0 Å². The number of hydrogen-bond acceptors (Lipinski definition) is 3. The van der Waals surface area contributed by atoms with E-state index in [0.29, 0.717) is 6.04 Å². The molecule has 3 nitrogen and oxygen atoms in total. The summed E-state index contributed by atoms with van der Waals surface area (Å²) in [6.07, 6.45) is 3.60. The van der Waals surface area contributed by atoms with Crippen LogP contribution < -0.4 is 0 Å². The van der Waals surface area contributed by atoms with E-state index in [2.05, 4.69) is 20.5 Å². The van der Waals surface area contributed by atoms with E-state index in [-0.39, 0.29) is 0 Å². The Kier molecular flexibility index (Phi) is 1.42. The number of hydrogen-bond donors (Lipinski definition) is 0. The first-order chi connectivity index (χ1) is 5.02. The molecule has 2 aliphatic rings. The Bertz CT molecular complexity index is 181. The van der Waals surface area contributed by atoms with Gasteiger partial charge in [-0.15, -0.1) is 0 Å². The first kappa shape index (κ1) is 7.93. The molecule has 0 radical (unpaired) electrons. The van der Waals surface area contributed by atoms with Crippen molar-refractivity contribution in [3.05, 3.63) is 0 Å². The van der Waals surface area contributed by atoms with Gasteiger partial charge in [0.15, 0.2) is 0 Å². The van der Waals surface area contributed by atoms with Gasteiger partial charge in [0.05, 0.1) is 0 Å². The van der Waals surface area contributed by atoms with Gasteiger partial charge in [-0.3, -0.25) is 0 Å². The molecule has 1 spiro atoms. The van der Waals surface area contributed by atoms with Crippen LogP contribution in [0, 0.1) is 0 Å². The van der Waals surface area contributed by atoms with Crippen LogP contribution in [0.1, 0.15) is 20.3 Å². The molecular formula is C7H16NO2P. The van der Waals surface area contributed by atoms with E-state index in [4.69, 9.17) is 9.25 Å². The molecular weight excluding hydrogens is 161 g/mol. The van der Waals surface area contributed by atoms with Crippen LogP contribution in [0.25, 0.3) is 0 Å². The van der Waals surface area contributed by atoms with Gasteiger partial charge in [0.2, 0.25) is 0 Å². The summed E-state index contributed by atoms with van der Waals surface area (Å²) in [6.45, 7) is 6.32. The molecule has 4 heteroatoms. The number of rotatable bonds is 1. The van der Waals surface area contributed by atoms with Crippen molar-refractivity contribution in [3.8, 4) is 0 Å². The van der Waals surface area contributed by atoms with Crippen molar-refractivity contribution < 1.29 is 9.25 Å². The Morgan fingerprint density at radius 2 is 1.82 bits per heavy atom. The summed E-state index contributed by atoms with van der Waals surface area (Å²) in [6, 6.07) is 0.350. The minimum absolute atomic E-state index is 0.350. The molecule has 66 valence electrons. The molecule has 2 fully saturated rings. The number of hydroxylamine groups is 2. The number of nitrogens with zero attached hydrogens (tertiary/aromatic N) is 1. The summed E-state index contributed by atoms with van der Waals surface area (Å²) in [4.78, 5) is 0. The van der Waals surface area contributed by atoms with Crippen LogP contribution >= 0.6 is 7.06 Å². The third-order valence-corrected chi connectivity index (χ3v) is 6.62. The third kappa shape index (κ3) is 1.03. The van der Waals surface area contributed by atoms with E-state index >= 15 is 0 Å². The molecule has 0 aromatic rings. The van der Waals surface area contributed by atoms with Gasteiger partial charge < -0.3 is 0 Å². The van der Waals surface area contributed by atoms with Gasteiger partial charge in [-0.05, 0) is 0 Å². The van der Waals surface area contributed by atoms with Gasteiger partial charge >= 0.3 is 66.8 Å². The molecule has 2 aliphatic heterocycles. The van der Waals surface area contributed by atoms with Crippen molar-refractivity contribution >= 4 is 7.06 Å². The van der Waals surface area contributed by atoms with E-state index in [1.807, 2.05) is 0 Å². The zero-order valence-electron chi connectivity index (χ0n) is 7.41. The predicted molar refractivity (Wildman–Crippen MR) is 46.3 cm³/mol. The van der Waals surface area contributed by atoms with E-state index < -0.39 is 7.06 Å². The quantitative estimate of drug-likeness (QED) is 0.572. The van der Waals surface area contributed by atoms with E-state index in [1.165, 1.54) is 6.42 Å². The van der Waals surface area contributed by atoms with Crippen LogP contribution in [-0.4, -0.2) is 30.3 Å². The summed E-state index contributed by atoms with van der Waals surface area (Å²) < 4.78 is 11.5. The van der Waals surface area contributed by atoms with Crippen LogP contribution in [0.5, 0.6) is 0 Å². The van der Waals surface area contributed by atoms with Gasteiger partial charge in [0.25, 0.3) is 0 Å². The second-order valence-corrected chi connectivity index (χ2v) is 9.00. The first-order valence-electron chi connectivity index (χ1n) is 4.22. The van der Waals surface area contributed by atoms with Gasteiger partial charge in [-0.25, -0.2) is 0 Å². The van der Waals surface area contributed by atoms with Crippen LogP contribution in [0.2, 0.25) is 0 Å². The molecule has 0 unspecified atom stereocenters. The van der Waals surface area contributed by atoms with Crippen molar-refractivity contribution in [2.45, 2.75) is 26.3 Å². The topological polar surface area (TPSA) is 21.7 Å². The molecule has 0 N–H and O–H groups in total. The van der Waals surface area contributed by atoms with Crippen LogP contribution in [0.3, 0.4) is 0 Å². The van der Waals surface area contributed by atoms with Crippen molar-refractivity contribution in [3.63, 3.8) is 0 Å². The zero-order valence-corrected chi connectivity index (χ0v) is 8.30. The molecule has 0 aromatic heterocycles. The van der Waals surface area contributed by atoms with Crippen molar-refractivity contribution in [2.75, 3.05) is 19.0 Å². The minimum atomic E-state index is -1.95. The molecule has 2 heterocycles. The molecule has 0 aromatic carbocycles. The Labute approximate surface area is 67.7 Å². The van der Waals surface area contributed by atoms with E-state index in [1.54, 1.807) is 5.23 Å². The maximum atomic E-state index is 5.75. The first-order valence-corrected chi connectivity index (χ1v) is 7.11. The molecule has 0 aliphatic carbocycles. The van der Waals surface area contributed by atoms with Crippen molar-refractivity contribution in [1.29, 1.82) is 0 Å². The summed E-state index contributed by atoms with van der Waals surface area (Å²) in [5.41, 5.74) is 0. The summed E-state index contributed by atoms with van der Waals surface area (Å²) >= 11 is 0. The Hall–Kier alpha value is 0.310. The molecule has 0 bridgehead atoms. The molecule has 0 saturated carbocycles. The molecule has 0 atom stereocenters. The van der Waals surface area contributed by atoms with Gasteiger partial charge in [-0.2, -0.15) is 0 Å². The predicted octanol–water partition coefficient (Wildman–Crippen LogP) is 1.99. The second kappa shape index (κ2) is 1.97. The monoisotopic (exact) mass is 177 g/mol. The Morgan fingerprint density at radius 1 is 1.27 bits per heavy atom. The Morgan fingerprint density at radius 3 is 2.09 bits per heavy atom. The normalized spacial score (nSPS) is 37.3. The summed E-state index contributed by atoms with van der Waals surface area (Å²) in [5, 5.41) is 1.65. The van der Waals surface area contributed by atoms with Gasteiger partial charge in [0.1, 0.15) is 0 Å². The van der Waals surface area contributed by atoms with Gasteiger partial charge in [0, 0.05) is 0 Å². The fourth-order valence-corrected chi connectivity index (χ4v) is 4.63. The molecule has 0 amide bonds. The molecule has 11 heavy (non-hydrogen) atoms. The average Bonchev–Trinajstić information content (AvgIpc) is 1.77. The molecule has 2 saturated heterocycles. The summed E-state index contributed by atoms with van der Waals surface area (Å²) in [5.74, 6) is 0. The fraction of sp³-hybridized carbons (Fsp3) is 1.00. The Balaban J connectivity index is 1.96. The molecule has 2 rings (SSSR count). The van der Waals surface area contributed by atoms with Crippen molar-refractivity contribution in [1.82, 2.24) is 5.23 Å². The third-order valence-electron chi connectivity index (χ3n) is 2.49. The summed E-state index contributed by atoms with van der Waals surface area (Å²) in [7, 11) is -1.95. The van der Waals surface area contributed by atoms with Crippen LogP contribution in [0.15, 0.2) is 0 Å². The maximum absolute atomic E-state index is 5.75. The SMILES string of the molecule is CC(C)N1OP2(C)(CCC2)O1. The van der Waals surface area contributed by atoms with Crippen LogP contribution in [-0.2, 0) is 9.25 Å². The van der Waals surface area contributed by atoms with Crippen molar-refractivity contribution in [2.24, 2.45) is 0 Å².